The molecule has 0 spiro atoms. The number of rotatable bonds is 2. The van der Waals surface area contributed by atoms with Crippen LogP contribution in [0, 0.1) is 10.1 Å². The lowest BCUT2D eigenvalue weighted by Crippen LogP contribution is -1.90. The van der Waals surface area contributed by atoms with Gasteiger partial charge in [-0.25, -0.2) is 0 Å². The second kappa shape index (κ2) is 3.30. The summed E-state index contributed by atoms with van der Waals surface area (Å²) in [7, 11) is 0. The standard InChI is InChI=1S/C8H9NO4/c1-2-5-3-6(9(12)13)4-7(10)8(5)11/h3-4,10-11H,2H2,1H3. The average molecular weight is 183 g/mol. The summed E-state index contributed by atoms with van der Waals surface area (Å²) in [5.74, 6) is -0.737. The largest absolute Gasteiger partial charge is 0.504 e. The zero-order valence-electron chi connectivity index (χ0n) is 7.02. The molecule has 0 aliphatic rings. The van der Waals surface area contributed by atoms with E-state index in [-0.39, 0.29) is 11.4 Å². The summed E-state index contributed by atoms with van der Waals surface area (Å²) in [5, 5.41) is 28.7. The molecular weight excluding hydrogens is 174 g/mol. The molecule has 0 aliphatic carbocycles. The third-order valence-corrected chi connectivity index (χ3v) is 1.75. The first-order valence-electron chi connectivity index (χ1n) is 3.75. The van der Waals surface area contributed by atoms with Crippen LogP contribution in [0.5, 0.6) is 11.5 Å². The second-order valence-electron chi connectivity index (χ2n) is 2.58. The van der Waals surface area contributed by atoms with Crippen LogP contribution in [0.4, 0.5) is 5.69 Å². The lowest BCUT2D eigenvalue weighted by Gasteiger charge is -2.02. The molecule has 1 aromatic carbocycles. The van der Waals surface area contributed by atoms with Crippen molar-refractivity contribution >= 4 is 5.69 Å². The zero-order valence-corrected chi connectivity index (χ0v) is 7.02. The molecule has 0 atom stereocenters. The number of phenolic OH excluding ortho intramolecular Hbond substituents is 2. The lowest BCUT2D eigenvalue weighted by atomic mass is 10.1. The fraction of sp³-hybridized carbons (Fsp3) is 0.250. The number of nitrogens with zero attached hydrogens (tertiary/aromatic N) is 1. The summed E-state index contributed by atoms with van der Waals surface area (Å²) in [4.78, 5) is 9.73. The summed E-state index contributed by atoms with van der Waals surface area (Å²) >= 11 is 0. The highest BCUT2D eigenvalue weighted by Gasteiger charge is 2.13. The van der Waals surface area contributed by atoms with E-state index >= 15 is 0 Å². The number of non-ortho nitro benzene ring substituents is 1. The molecule has 13 heavy (non-hydrogen) atoms. The minimum absolute atomic E-state index is 0.216. The van der Waals surface area contributed by atoms with Gasteiger partial charge in [-0.15, -0.1) is 0 Å². The highest BCUT2D eigenvalue weighted by atomic mass is 16.6. The van der Waals surface area contributed by atoms with Crippen LogP contribution in [0.3, 0.4) is 0 Å². The van der Waals surface area contributed by atoms with Crippen molar-refractivity contribution in [1.82, 2.24) is 0 Å². The van der Waals surface area contributed by atoms with Gasteiger partial charge in [-0.1, -0.05) is 6.92 Å². The fourth-order valence-electron chi connectivity index (χ4n) is 1.04. The minimum Gasteiger partial charge on any atom is -0.504 e. The van der Waals surface area contributed by atoms with E-state index in [2.05, 4.69) is 0 Å². The van der Waals surface area contributed by atoms with E-state index in [4.69, 9.17) is 5.11 Å². The molecule has 2 N–H and O–H groups in total. The van der Waals surface area contributed by atoms with Gasteiger partial charge in [0.25, 0.3) is 5.69 Å². The molecule has 5 heteroatoms. The first-order valence-corrected chi connectivity index (χ1v) is 3.75. The van der Waals surface area contributed by atoms with Gasteiger partial charge in [0.15, 0.2) is 11.5 Å². The monoisotopic (exact) mass is 183 g/mol. The van der Waals surface area contributed by atoms with Crippen LogP contribution in [0.25, 0.3) is 0 Å². The Labute approximate surface area is 74.4 Å². The predicted molar refractivity (Wildman–Crippen MR) is 45.8 cm³/mol. The molecule has 70 valence electrons. The zero-order chi connectivity index (χ0) is 10.0. The molecule has 0 unspecified atom stereocenters. The first kappa shape index (κ1) is 9.31. The smallest absolute Gasteiger partial charge is 0.273 e. The Bertz CT molecular complexity index is 348. The quantitative estimate of drug-likeness (QED) is 0.414. The van der Waals surface area contributed by atoms with Gasteiger partial charge in [-0.05, 0) is 6.42 Å². The van der Waals surface area contributed by atoms with Gasteiger partial charge in [0.1, 0.15) is 0 Å². The molecule has 0 saturated carbocycles. The van der Waals surface area contributed by atoms with Gasteiger partial charge in [0.2, 0.25) is 0 Å². The van der Waals surface area contributed by atoms with E-state index in [9.17, 15) is 15.2 Å². The average Bonchev–Trinajstić information content (AvgIpc) is 2.09. The highest BCUT2D eigenvalue weighted by Crippen LogP contribution is 2.33. The van der Waals surface area contributed by atoms with Crippen molar-refractivity contribution in [2.75, 3.05) is 0 Å². The van der Waals surface area contributed by atoms with E-state index in [0.717, 1.165) is 6.07 Å². The molecule has 0 aromatic heterocycles. The number of hydrogen-bond donors (Lipinski definition) is 2. The summed E-state index contributed by atoms with van der Waals surface area (Å²) in [5.41, 5.74) is 0.152. The summed E-state index contributed by atoms with van der Waals surface area (Å²) in [6.45, 7) is 1.73. The molecule has 0 aliphatic heterocycles. The summed E-state index contributed by atoms with van der Waals surface area (Å²) in [6.07, 6.45) is 0.432. The van der Waals surface area contributed by atoms with Gasteiger partial charge in [-0.2, -0.15) is 0 Å². The van der Waals surface area contributed by atoms with Gasteiger partial charge < -0.3 is 10.2 Å². The number of aromatic hydroxyl groups is 2. The SMILES string of the molecule is CCc1cc([N+](=O)[O-])cc(O)c1O. The van der Waals surface area contributed by atoms with Crippen molar-refractivity contribution in [3.05, 3.63) is 27.8 Å². The molecule has 5 nitrogen and oxygen atoms in total. The Kier molecular flexibility index (Phi) is 2.36. The van der Waals surface area contributed by atoms with E-state index in [1.54, 1.807) is 6.92 Å². The van der Waals surface area contributed by atoms with Crippen molar-refractivity contribution in [3.8, 4) is 11.5 Å². The van der Waals surface area contributed by atoms with Gasteiger partial charge in [0.05, 0.1) is 11.0 Å². The van der Waals surface area contributed by atoms with E-state index in [0.29, 0.717) is 12.0 Å². The highest BCUT2D eigenvalue weighted by molar-refractivity contribution is 5.52. The van der Waals surface area contributed by atoms with Crippen molar-refractivity contribution in [3.63, 3.8) is 0 Å². The van der Waals surface area contributed by atoms with E-state index in [1.165, 1.54) is 6.07 Å². The Morgan fingerprint density at radius 1 is 1.46 bits per heavy atom. The van der Waals surface area contributed by atoms with Crippen molar-refractivity contribution < 1.29 is 15.1 Å². The van der Waals surface area contributed by atoms with Gasteiger partial charge in [0, 0.05) is 11.6 Å². The molecule has 0 saturated heterocycles. The maximum atomic E-state index is 10.3. The van der Waals surface area contributed by atoms with Crippen LogP contribution in [-0.2, 0) is 6.42 Å². The minimum atomic E-state index is -0.613. The first-order chi connectivity index (χ1) is 6.06. The van der Waals surface area contributed by atoms with Crippen LogP contribution < -0.4 is 0 Å². The van der Waals surface area contributed by atoms with E-state index < -0.39 is 10.7 Å². The fourth-order valence-corrected chi connectivity index (χ4v) is 1.04. The van der Waals surface area contributed by atoms with Crippen molar-refractivity contribution in [1.29, 1.82) is 0 Å². The molecule has 0 bridgehead atoms. The lowest BCUT2D eigenvalue weighted by molar-refractivity contribution is -0.385. The summed E-state index contributed by atoms with van der Waals surface area (Å²) in [6, 6.07) is 2.17. The van der Waals surface area contributed by atoms with Gasteiger partial charge in [-0.3, -0.25) is 10.1 Å². The number of nitro groups is 1. The molecule has 0 fully saturated rings. The molecule has 0 heterocycles. The maximum Gasteiger partial charge on any atom is 0.273 e. The molecule has 0 radical (unpaired) electrons. The number of hydrogen-bond acceptors (Lipinski definition) is 4. The van der Waals surface area contributed by atoms with Crippen LogP contribution in [-0.4, -0.2) is 15.1 Å². The normalized spacial score (nSPS) is 9.92. The number of phenols is 2. The van der Waals surface area contributed by atoms with Crippen LogP contribution >= 0.6 is 0 Å². The Morgan fingerprint density at radius 2 is 2.08 bits per heavy atom. The maximum absolute atomic E-state index is 10.3. The van der Waals surface area contributed by atoms with Gasteiger partial charge >= 0.3 is 0 Å². The van der Waals surface area contributed by atoms with Crippen molar-refractivity contribution in [2.24, 2.45) is 0 Å². The molecular formula is C8H9NO4. The Hall–Kier alpha value is -1.78. The van der Waals surface area contributed by atoms with Crippen LogP contribution in [0.2, 0.25) is 0 Å². The third-order valence-electron chi connectivity index (χ3n) is 1.75. The van der Waals surface area contributed by atoms with Crippen LogP contribution in [0.15, 0.2) is 12.1 Å². The molecule has 0 amide bonds. The number of benzene rings is 1. The van der Waals surface area contributed by atoms with Crippen molar-refractivity contribution in [2.45, 2.75) is 13.3 Å². The van der Waals surface area contributed by atoms with Crippen LogP contribution in [0.1, 0.15) is 12.5 Å². The second-order valence-corrected chi connectivity index (χ2v) is 2.58. The topological polar surface area (TPSA) is 83.6 Å². The third kappa shape index (κ3) is 1.69. The number of aryl methyl sites for hydroxylation is 1. The van der Waals surface area contributed by atoms with E-state index in [1.807, 2.05) is 0 Å². The Morgan fingerprint density at radius 3 is 2.54 bits per heavy atom. The summed E-state index contributed by atoms with van der Waals surface area (Å²) < 4.78 is 0. The predicted octanol–water partition coefficient (Wildman–Crippen LogP) is 1.57. The number of nitro benzene ring substituents is 1. The molecule has 1 aromatic rings. The Balaban J connectivity index is 3.30. The molecule has 1 rings (SSSR count).